The van der Waals surface area contributed by atoms with Gasteiger partial charge < -0.3 is 9.64 Å². The van der Waals surface area contributed by atoms with Gasteiger partial charge >= 0.3 is 0 Å². The third kappa shape index (κ3) is 2.60. The molecular formula is C18H17FN2O. The first-order valence-electron chi connectivity index (χ1n) is 7.00. The Morgan fingerprint density at radius 2 is 1.86 bits per heavy atom. The molecule has 0 amide bonds. The highest BCUT2D eigenvalue weighted by Crippen LogP contribution is 2.28. The van der Waals surface area contributed by atoms with Gasteiger partial charge in [0.25, 0.3) is 0 Å². The number of anilines is 1. The number of fused-ring (bicyclic) bond motifs is 1. The topological polar surface area (TPSA) is 25.4 Å². The Bertz CT molecular complexity index is 830. The third-order valence-electron chi connectivity index (χ3n) is 3.65. The fourth-order valence-electron chi connectivity index (χ4n) is 2.41. The van der Waals surface area contributed by atoms with Crippen LogP contribution in [-0.2, 0) is 0 Å². The molecule has 1 aromatic heterocycles. The number of benzene rings is 2. The lowest BCUT2D eigenvalue weighted by atomic mass is 10.1. The summed E-state index contributed by atoms with van der Waals surface area (Å²) in [6, 6.07) is 15.0. The normalized spacial score (nSPS) is 10.7. The smallest absolute Gasteiger partial charge is 0.221 e. The number of ether oxygens (including phenoxy) is 1. The van der Waals surface area contributed by atoms with E-state index in [0.29, 0.717) is 16.8 Å². The highest BCUT2D eigenvalue weighted by Gasteiger charge is 2.09. The number of pyridine rings is 1. The molecule has 3 nitrogen and oxygen atoms in total. The number of aromatic nitrogens is 1. The molecular weight excluding hydrogens is 279 g/mol. The van der Waals surface area contributed by atoms with Crippen molar-refractivity contribution >= 4 is 16.5 Å². The summed E-state index contributed by atoms with van der Waals surface area (Å²) in [5.74, 6) is 0.233. The lowest BCUT2D eigenvalue weighted by molar-refractivity contribution is 0.415. The van der Waals surface area contributed by atoms with E-state index in [2.05, 4.69) is 4.98 Å². The Morgan fingerprint density at radius 3 is 2.59 bits per heavy atom. The summed E-state index contributed by atoms with van der Waals surface area (Å²) >= 11 is 0. The summed E-state index contributed by atoms with van der Waals surface area (Å²) in [6.45, 7) is 0. The predicted molar refractivity (Wildman–Crippen MR) is 88.0 cm³/mol. The van der Waals surface area contributed by atoms with E-state index >= 15 is 0 Å². The monoisotopic (exact) mass is 296 g/mol. The molecule has 0 bridgehead atoms. The van der Waals surface area contributed by atoms with Gasteiger partial charge in [-0.3, -0.25) is 0 Å². The molecule has 0 aliphatic rings. The maximum atomic E-state index is 14.3. The molecule has 0 fully saturated rings. The summed E-state index contributed by atoms with van der Waals surface area (Å²) in [5.41, 5.74) is 2.54. The van der Waals surface area contributed by atoms with Crippen LogP contribution in [0.25, 0.3) is 22.0 Å². The molecule has 4 heteroatoms. The minimum absolute atomic E-state index is 0.467. The molecule has 0 N–H and O–H groups in total. The van der Waals surface area contributed by atoms with E-state index in [0.717, 1.165) is 16.6 Å². The average molecular weight is 296 g/mol. The van der Waals surface area contributed by atoms with Crippen LogP contribution in [0.3, 0.4) is 0 Å². The lowest BCUT2D eigenvalue weighted by Crippen LogP contribution is -2.08. The molecule has 0 aliphatic carbocycles. The Balaban J connectivity index is 2.16. The van der Waals surface area contributed by atoms with Gasteiger partial charge in [-0.15, -0.1) is 0 Å². The number of hydrogen-bond acceptors (Lipinski definition) is 3. The molecule has 2 aromatic carbocycles. The van der Waals surface area contributed by atoms with E-state index in [9.17, 15) is 4.39 Å². The lowest BCUT2D eigenvalue weighted by Gasteiger charge is -2.13. The fourth-order valence-corrected chi connectivity index (χ4v) is 2.41. The van der Waals surface area contributed by atoms with Crippen molar-refractivity contribution in [3.63, 3.8) is 0 Å². The van der Waals surface area contributed by atoms with Crippen LogP contribution in [0.15, 0.2) is 48.5 Å². The van der Waals surface area contributed by atoms with Crippen LogP contribution >= 0.6 is 0 Å². The van der Waals surface area contributed by atoms with Crippen LogP contribution in [0.5, 0.6) is 5.75 Å². The first-order chi connectivity index (χ1) is 10.6. The van der Waals surface area contributed by atoms with Crippen LogP contribution in [0, 0.1) is 5.95 Å². The van der Waals surface area contributed by atoms with Crippen LogP contribution in [0.4, 0.5) is 10.1 Å². The van der Waals surface area contributed by atoms with Gasteiger partial charge in [-0.1, -0.05) is 12.1 Å². The van der Waals surface area contributed by atoms with Crippen molar-refractivity contribution in [1.29, 1.82) is 0 Å². The summed E-state index contributed by atoms with van der Waals surface area (Å²) in [5, 5.41) is 1.27. The third-order valence-corrected chi connectivity index (χ3v) is 3.65. The van der Waals surface area contributed by atoms with E-state index in [1.54, 1.807) is 19.2 Å². The number of rotatable bonds is 3. The summed E-state index contributed by atoms with van der Waals surface area (Å²) in [7, 11) is 5.54. The molecule has 0 unspecified atom stereocenters. The molecule has 22 heavy (non-hydrogen) atoms. The standard InChI is InChI=1S/C18H17FN2O/c1-21(2)14-6-4-5-12(9-14)17-11-13-10-15(22-3)7-8-16(13)18(19)20-17/h4-11H,1-3H3. The minimum atomic E-state index is -0.467. The second-order valence-corrected chi connectivity index (χ2v) is 5.33. The number of methoxy groups -OCH3 is 1. The Kier molecular flexibility index (Phi) is 3.67. The van der Waals surface area contributed by atoms with E-state index in [1.165, 1.54) is 0 Å². The van der Waals surface area contributed by atoms with Crippen molar-refractivity contribution in [3.8, 4) is 17.0 Å². The van der Waals surface area contributed by atoms with Crippen LogP contribution in [-0.4, -0.2) is 26.2 Å². The number of hydrogen-bond donors (Lipinski definition) is 0. The van der Waals surface area contributed by atoms with Gasteiger partial charge in [0.05, 0.1) is 12.8 Å². The van der Waals surface area contributed by atoms with Crippen molar-refractivity contribution in [1.82, 2.24) is 4.98 Å². The molecule has 112 valence electrons. The van der Waals surface area contributed by atoms with Crippen molar-refractivity contribution in [3.05, 3.63) is 54.5 Å². The quantitative estimate of drug-likeness (QED) is 0.680. The first-order valence-corrected chi connectivity index (χ1v) is 7.00. The van der Waals surface area contributed by atoms with Gasteiger partial charge in [0.15, 0.2) is 0 Å². The molecule has 0 aliphatic heterocycles. The van der Waals surface area contributed by atoms with Gasteiger partial charge in [-0.05, 0) is 41.8 Å². The summed E-state index contributed by atoms with van der Waals surface area (Å²) < 4.78 is 19.5. The number of nitrogens with zero attached hydrogens (tertiary/aromatic N) is 2. The Morgan fingerprint density at radius 1 is 1.05 bits per heavy atom. The molecule has 0 saturated heterocycles. The van der Waals surface area contributed by atoms with E-state index in [-0.39, 0.29) is 0 Å². The molecule has 0 saturated carbocycles. The van der Waals surface area contributed by atoms with Gasteiger partial charge in [-0.2, -0.15) is 4.39 Å². The van der Waals surface area contributed by atoms with Crippen molar-refractivity contribution in [2.24, 2.45) is 0 Å². The zero-order chi connectivity index (χ0) is 15.7. The first kappa shape index (κ1) is 14.3. The molecule has 0 spiro atoms. The van der Waals surface area contributed by atoms with Crippen molar-refractivity contribution < 1.29 is 9.13 Å². The van der Waals surface area contributed by atoms with E-state index < -0.39 is 5.95 Å². The van der Waals surface area contributed by atoms with Gasteiger partial charge in [0.2, 0.25) is 5.95 Å². The molecule has 3 aromatic rings. The molecule has 3 rings (SSSR count). The average Bonchev–Trinajstić information content (AvgIpc) is 2.54. The number of halogens is 1. The highest BCUT2D eigenvalue weighted by molar-refractivity contribution is 5.87. The largest absolute Gasteiger partial charge is 0.497 e. The Labute approximate surface area is 129 Å². The zero-order valence-corrected chi connectivity index (χ0v) is 12.8. The van der Waals surface area contributed by atoms with Crippen molar-refractivity contribution in [2.75, 3.05) is 26.1 Å². The fraction of sp³-hybridized carbons (Fsp3) is 0.167. The molecule has 0 atom stereocenters. The van der Waals surface area contributed by atoms with Crippen LogP contribution in [0.1, 0.15) is 0 Å². The van der Waals surface area contributed by atoms with Crippen molar-refractivity contribution in [2.45, 2.75) is 0 Å². The second-order valence-electron chi connectivity index (χ2n) is 5.33. The molecule has 1 heterocycles. The van der Waals surface area contributed by atoms with E-state index in [4.69, 9.17) is 4.74 Å². The Hall–Kier alpha value is -2.62. The predicted octanol–water partition coefficient (Wildman–Crippen LogP) is 4.12. The SMILES string of the molecule is COc1ccc2c(F)nc(-c3cccc(N(C)C)c3)cc2c1. The maximum Gasteiger partial charge on any atom is 0.221 e. The maximum absolute atomic E-state index is 14.3. The highest BCUT2D eigenvalue weighted by atomic mass is 19.1. The minimum Gasteiger partial charge on any atom is -0.497 e. The summed E-state index contributed by atoms with van der Waals surface area (Å²) in [6.07, 6.45) is 0. The van der Waals surface area contributed by atoms with Crippen LogP contribution in [0.2, 0.25) is 0 Å². The summed E-state index contributed by atoms with van der Waals surface area (Å²) in [4.78, 5) is 6.11. The second kappa shape index (κ2) is 5.64. The zero-order valence-electron chi connectivity index (χ0n) is 12.8. The molecule has 0 radical (unpaired) electrons. The van der Waals surface area contributed by atoms with Crippen LogP contribution < -0.4 is 9.64 Å². The van der Waals surface area contributed by atoms with E-state index in [1.807, 2.05) is 55.4 Å². The van der Waals surface area contributed by atoms with Gasteiger partial charge in [0.1, 0.15) is 5.75 Å². The van der Waals surface area contributed by atoms with Gasteiger partial charge in [0, 0.05) is 30.7 Å². The van der Waals surface area contributed by atoms with Gasteiger partial charge in [-0.25, -0.2) is 4.98 Å².